The van der Waals surface area contributed by atoms with Crippen LogP contribution in [0.25, 0.3) is 0 Å². The maximum absolute atomic E-state index is 15.2. The van der Waals surface area contributed by atoms with Crippen molar-refractivity contribution in [2.24, 2.45) is 11.7 Å². The topological polar surface area (TPSA) is 126 Å². The quantitative estimate of drug-likeness (QED) is 0.422. The fourth-order valence-electron chi connectivity index (χ4n) is 3.98. The zero-order chi connectivity index (χ0) is 25.5. The van der Waals surface area contributed by atoms with Crippen LogP contribution in [0.3, 0.4) is 0 Å². The number of aromatic nitrogens is 2. The number of alkyl halides is 2. The predicted molar refractivity (Wildman–Crippen MR) is 122 cm³/mol. The highest BCUT2D eigenvalue weighted by atomic mass is 19.3. The largest absolute Gasteiger partial charge is 0.493 e. The van der Waals surface area contributed by atoms with Gasteiger partial charge in [-0.15, -0.1) is 0 Å². The molecule has 1 aliphatic rings. The number of rotatable bonds is 11. The fourth-order valence-corrected chi connectivity index (χ4v) is 3.98. The predicted octanol–water partition coefficient (Wildman–Crippen LogP) is 1.44. The Kier molecular flexibility index (Phi) is 8.93. The van der Waals surface area contributed by atoms with Crippen LogP contribution in [0.15, 0.2) is 24.5 Å². The van der Waals surface area contributed by atoms with E-state index in [2.05, 4.69) is 20.0 Å². The zero-order valence-electron chi connectivity index (χ0n) is 19.5. The number of hydrogen-bond donors (Lipinski definition) is 3. The first kappa shape index (κ1) is 26.3. The van der Waals surface area contributed by atoms with E-state index in [4.69, 9.17) is 10.5 Å². The highest BCUT2D eigenvalue weighted by Crippen LogP contribution is 2.31. The van der Waals surface area contributed by atoms with E-state index in [0.29, 0.717) is 25.1 Å². The molecule has 13 heteroatoms. The number of piperidine rings is 1. The lowest BCUT2D eigenvalue weighted by atomic mass is 9.94. The molecule has 0 spiro atoms. The van der Waals surface area contributed by atoms with Gasteiger partial charge in [0.15, 0.2) is 23.1 Å². The van der Waals surface area contributed by atoms with E-state index in [1.54, 1.807) is 22.9 Å². The molecule has 10 nitrogen and oxygen atoms in total. The van der Waals surface area contributed by atoms with Crippen molar-refractivity contribution in [1.29, 1.82) is 0 Å². The Labute approximate surface area is 200 Å². The number of hydrogen-bond acceptors (Lipinski definition) is 9. The number of benzene rings is 1. The van der Waals surface area contributed by atoms with Crippen LogP contribution in [-0.2, 0) is 11.3 Å². The van der Waals surface area contributed by atoms with Gasteiger partial charge in [0.1, 0.15) is 6.33 Å². The number of methoxy groups -OCH3 is 1. The second-order valence-corrected chi connectivity index (χ2v) is 8.28. The second kappa shape index (κ2) is 11.9. The molecule has 1 aliphatic heterocycles. The maximum atomic E-state index is 15.2. The lowest BCUT2D eigenvalue weighted by Gasteiger charge is -2.35. The average Bonchev–Trinajstić information content (AvgIpc) is 2.79. The number of primary amides is 1. The number of halogens is 3. The van der Waals surface area contributed by atoms with E-state index < -0.39 is 24.4 Å². The van der Waals surface area contributed by atoms with Crippen LogP contribution in [0, 0.1) is 11.7 Å². The zero-order valence-corrected chi connectivity index (χ0v) is 19.5. The first-order valence-corrected chi connectivity index (χ1v) is 10.9. The van der Waals surface area contributed by atoms with Crippen molar-refractivity contribution >= 4 is 17.5 Å². The molecular weight excluding hydrogens is 469 g/mol. The summed E-state index contributed by atoms with van der Waals surface area (Å²) in [6.45, 7) is -1.51. The number of ether oxygens (including phenoxy) is 2. The average molecular weight is 499 g/mol. The van der Waals surface area contributed by atoms with Gasteiger partial charge in [-0.05, 0) is 30.7 Å². The van der Waals surface area contributed by atoms with Gasteiger partial charge in [-0.3, -0.25) is 9.69 Å². The van der Waals surface area contributed by atoms with Crippen LogP contribution in [0.1, 0.15) is 12.0 Å². The van der Waals surface area contributed by atoms with Gasteiger partial charge >= 0.3 is 6.61 Å². The third kappa shape index (κ3) is 7.09. The number of aliphatic hydroxyl groups excluding tert-OH is 1. The molecule has 192 valence electrons. The van der Waals surface area contributed by atoms with Crippen molar-refractivity contribution in [3.63, 3.8) is 0 Å². The number of β-amino-alcohol motifs (C(OH)–C–C–N with tert-alkyl or cyclic N) is 1. The SMILES string of the molecule is COc1cc(CN(C)c2ncnc(NC[C@H]3CCN(CC(N)=O)C[C@@H]3O)c2F)ccc1OC(F)F. The van der Waals surface area contributed by atoms with Crippen molar-refractivity contribution in [3.05, 3.63) is 35.9 Å². The van der Waals surface area contributed by atoms with Gasteiger partial charge in [0, 0.05) is 32.6 Å². The smallest absolute Gasteiger partial charge is 0.387 e. The van der Waals surface area contributed by atoms with Gasteiger partial charge in [-0.2, -0.15) is 13.2 Å². The second-order valence-electron chi connectivity index (χ2n) is 8.28. The molecule has 1 aromatic heterocycles. The highest BCUT2D eigenvalue weighted by Gasteiger charge is 2.28. The molecule has 0 bridgehead atoms. The molecule has 1 fully saturated rings. The summed E-state index contributed by atoms with van der Waals surface area (Å²) in [4.78, 5) is 22.4. The minimum Gasteiger partial charge on any atom is -0.493 e. The van der Waals surface area contributed by atoms with Crippen LogP contribution in [-0.4, -0.2) is 78.9 Å². The summed E-state index contributed by atoms with van der Waals surface area (Å²) in [5.41, 5.74) is 5.86. The van der Waals surface area contributed by atoms with Gasteiger partial charge in [0.25, 0.3) is 0 Å². The minimum absolute atomic E-state index is 0.00752. The minimum atomic E-state index is -2.98. The number of nitrogens with two attached hydrogens (primary N) is 1. The molecule has 2 atom stereocenters. The summed E-state index contributed by atoms with van der Waals surface area (Å²) in [5.74, 6) is -1.22. The lowest BCUT2D eigenvalue weighted by molar-refractivity contribution is -0.120. The molecule has 0 aliphatic carbocycles. The third-order valence-electron chi connectivity index (χ3n) is 5.71. The molecule has 35 heavy (non-hydrogen) atoms. The highest BCUT2D eigenvalue weighted by molar-refractivity contribution is 5.75. The summed E-state index contributed by atoms with van der Waals surface area (Å²) >= 11 is 0. The van der Waals surface area contributed by atoms with Crippen LogP contribution in [0.4, 0.5) is 24.8 Å². The summed E-state index contributed by atoms with van der Waals surface area (Å²) < 4.78 is 49.8. The number of aliphatic hydroxyl groups is 1. The Morgan fingerprint density at radius 1 is 1.37 bits per heavy atom. The van der Waals surface area contributed by atoms with Crippen LogP contribution < -0.4 is 25.4 Å². The molecule has 0 unspecified atom stereocenters. The first-order chi connectivity index (χ1) is 16.7. The van der Waals surface area contributed by atoms with E-state index in [1.807, 2.05) is 0 Å². The van der Waals surface area contributed by atoms with Crippen LogP contribution in [0.5, 0.6) is 11.5 Å². The molecule has 3 rings (SSSR count). The third-order valence-corrected chi connectivity index (χ3v) is 5.71. The molecular formula is C22H29F3N6O4. The molecule has 4 N–H and O–H groups in total. The molecule has 1 amide bonds. The lowest BCUT2D eigenvalue weighted by Crippen LogP contribution is -2.48. The molecule has 2 aromatic rings. The number of amides is 1. The molecule has 1 aromatic carbocycles. The van der Waals surface area contributed by atoms with Gasteiger partial charge in [-0.25, -0.2) is 9.97 Å². The van der Waals surface area contributed by atoms with Gasteiger partial charge in [0.2, 0.25) is 11.7 Å². The van der Waals surface area contributed by atoms with Crippen LogP contribution in [0.2, 0.25) is 0 Å². The number of carbonyl (C=O) groups excluding carboxylic acids is 1. The normalized spacial score (nSPS) is 18.4. The Morgan fingerprint density at radius 3 is 2.80 bits per heavy atom. The monoisotopic (exact) mass is 498 g/mol. The summed E-state index contributed by atoms with van der Waals surface area (Å²) in [7, 11) is 2.96. The Bertz CT molecular complexity index is 1020. The van der Waals surface area contributed by atoms with Crippen LogP contribution >= 0.6 is 0 Å². The van der Waals surface area contributed by atoms with E-state index in [0.717, 1.165) is 0 Å². The number of carbonyl (C=O) groups is 1. The molecule has 1 saturated heterocycles. The van der Waals surface area contributed by atoms with Gasteiger partial charge in [-0.1, -0.05) is 6.07 Å². The summed E-state index contributed by atoms with van der Waals surface area (Å²) in [6.07, 6.45) is 1.13. The van der Waals surface area contributed by atoms with Crippen molar-refractivity contribution in [2.75, 3.05) is 50.6 Å². The van der Waals surface area contributed by atoms with Crippen molar-refractivity contribution in [3.8, 4) is 11.5 Å². The first-order valence-electron chi connectivity index (χ1n) is 10.9. The van der Waals surface area contributed by atoms with E-state index in [9.17, 15) is 18.7 Å². The molecule has 0 radical (unpaired) electrons. The van der Waals surface area contributed by atoms with Gasteiger partial charge < -0.3 is 30.5 Å². The van der Waals surface area contributed by atoms with Gasteiger partial charge in [0.05, 0.1) is 19.8 Å². The van der Waals surface area contributed by atoms with E-state index in [1.165, 1.54) is 25.6 Å². The van der Waals surface area contributed by atoms with E-state index in [-0.39, 0.29) is 48.7 Å². The Balaban J connectivity index is 1.63. The number of likely N-dealkylation sites (tertiary alicyclic amines) is 1. The van der Waals surface area contributed by atoms with Crippen molar-refractivity contribution < 1.29 is 32.5 Å². The van der Waals surface area contributed by atoms with Crippen molar-refractivity contribution in [1.82, 2.24) is 14.9 Å². The molecule has 0 saturated carbocycles. The fraction of sp³-hybridized carbons (Fsp3) is 0.500. The van der Waals surface area contributed by atoms with Crippen molar-refractivity contribution in [2.45, 2.75) is 25.7 Å². The summed E-state index contributed by atoms with van der Waals surface area (Å²) in [5, 5.41) is 13.3. The molecule has 2 heterocycles. The van der Waals surface area contributed by atoms with E-state index >= 15 is 4.39 Å². The number of nitrogens with zero attached hydrogens (tertiary/aromatic N) is 4. The Hall–Kier alpha value is -3.32. The Morgan fingerprint density at radius 2 is 2.14 bits per heavy atom. The number of anilines is 2. The maximum Gasteiger partial charge on any atom is 0.387 e. The standard InChI is InChI=1S/C22H29F3N6O4/c1-30(9-13-3-4-16(35-22(24)25)17(7-13)34-2)21-19(23)20(28-12-29-21)27-8-14-5-6-31(10-15(14)32)11-18(26)33/h3-4,7,12,14-15,22,32H,5-6,8-11H2,1-2H3,(H2,26,33)(H,27,28,29)/t14-,15+/m1/s1. The number of nitrogens with one attached hydrogen (secondary N) is 1. The summed E-state index contributed by atoms with van der Waals surface area (Å²) in [6, 6.07) is 4.46.